The Bertz CT molecular complexity index is 1090. The maximum absolute atomic E-state index is 12.9. The summed E-state index contributed by atoms with van der Waals surface area (Å²) in [4.78, 5) is 17.2. The lowest BCUT2D eigenvalue weighted by molar-refractivity contribution is 0.393. The fourth-order valence-electron chi connectivity index (χ4n) is 3.18. The van der Waals surface area contributed by atoms with E-state index in [4.69, 9.17) is 4.52 Å². The third kappa shape index (κ3) is 2.63. The molecular weight excluding hydrogens is 314 g/mol. The first-order chi connectivity index (χ1) is 12.1. The molecule has 1 aromatic carbocycles. The van der Waals surface area contributed by atoms with Gasteiger partial charge in [-0.3, -0.25) is 9.78 Å². The molecule has 5 nitrogen and oxygen atoms in total. The minimum absolute atomic E-state index is 0.102. The van der Waals surface area contributed by atoms with Gasteiger partial charge in [-0.2, -0.15) is 0 Å². The molecule has 0 radical (unpaired) electrons. The van der Waals surface area contributed by atoms with E-state index in [1.54, 1.807) is 10.8 Å². The van der Waals surface area contributed by atoms with Gasteiger partial charge in [-0.1, -0.05) is 41.6 Å². The van der Waals surface area contributed by atoms with E-state index in [1.165, 1.54) is 0 Å². The van der Waals surface area contributed by atoms with Crippen molar-refractivity contribution in [3.63, 3.8) is 0 Å². The van der Waals surface area contributed by atoms with E-state index in [2.05, 4.69) is 10.1 Å². The number of rotatable bonds is 3. The molecule has 0 spiro atoms. The summed E-state index contributed by atoms with van der Waals surface area (Å²) in [6.45, 7) is 4.27. The second-order valence-corrected chi connectivity index (χ2v) is 6.06. The van der Waals surface area contributed by atoms with Crippen LogP contribution < -0.4 is 5.56 Å². The van der Waals surface area contributed by atoms with Gasteiger partial charge in [0.05, 0.1) is 12.2 Å². The Kier molecular flexibility index (Phi) is 3.69. The average Bonchev–Trinajstić information content (AvgIpc) is 2.97. The Balaban J connectivity index is 1.99. The zero-order chi connectivity index (χ0) is 17.4. The quantitative estimate of drug-likeness (QED) is 0.574. The van der Waals surface area contributed by atoms with Gasteiger partial charge in [0.25, 0.3) is 5.56 Å². The van der Waals surface area contributed by atoms with Crippen molar-refractivity contribution in [3.05, 3.63) is 82.2 Å². The average molecular weight is 331 g/mol. The van der Waals surface area contributed by atoms with Crippen molar-refractivity contribution in [1.82, 2.24) is 14.7 Å². The van der Waals surface area contributed by atoms with Crippen LogP contribution in [0.15, 0.2) is 64.2 Å². The van der Waals surface area contributed by atoms with Gasteiger partial charge in [0.15, 0.2) is 0 Å². The largest absolute Gasteiger partial charge is 0.361 e. The van der Waals surface area contributed by atoms with Crippen LogP contribution in [-0.2, 0) is 6.54 Å². The molecule has 0 saturated heterocycles. The molecule has 124 valence electrons. The summed E-state index contributed by atoms with van der Waals surface area (Å²) in [6.07, 6.45) is 3.53. The maximum atomic E-state index is 12.9. The van der Waals surface area contributed by atoms with Crippen LogP contribution >= 0.6 is 0 Å². The molecule has 25 heavy (non-hydrogen) atoms. The number of pyridine rings is 2. The van der Waals surface area contributed by atoms with Crippen molar-refractivity contribution in [2.75, 3.05) is 0 Å². The number of nitrogens with zero attached hydrogens (tertiary/aromatic N) is 3. The summed E-state index contributed by atoms with van der Waals surface area (Å²) in [5.74, 6) is 0.729. The number of fused-ring (bicyclic) bond motifs is 1. The predicted molar refractivity (Wildman–Crippen MR) is 96.5 cm³/mol. The van der Waals surface area contributed by atoms with Crippen molar-refractivity contribution < 1.29 is 4.52 Å². The minimum Gasteiger partial charge on any atom is -0.361 e. The van der Waals surface area contributed by atoms with Crippen LogP contribution in [0.2, 0.25) is 0 Å². The Morgan fingerprint density at radius 1 is 1.08 bits per heavy atom. The Labute approximate surface area is 144 Å². The Morgan fingerprint density at radius 2 is 1.88 bits per heavy atom. The molecular formula is C20H17N3O2. The zero-order valence-electron chi connectivity index (χ0n) is 14.1. The van der Waals surface area contributed by atoms with Gasteiger partial charge in [-0.05, 0) is 25.5 Å². The monoisotopic (exact) mass is 331 g/mol. The maximum Gasteiger partial charge on any atom is 0.277 e. The third-order valence-electron chi connectivity index (χ3n) is 4.34. The van der Waals surface area contributed by atoms with E-state index in [9.17, 15) is 4.79 Å². The van der Waals surface area contributed by atoms with Crippen LogP contribution in [0.4, 0.5) is 0 Å². The number of hydrogen-bond acceptors (Lipinski definition) is 4. The van der Waals surface area contributed by atoms with Crippen molar-refractivity contribution in [2.24, 2.45) is 0 Å². The lowest BCUT2D eigenvalue weighted by atomic mass is 10.0. The van der Waals surface area contributed by atoms with Crippen LogP contribution in [0.5, 0.6) is 0 Å². The van der Waals surface area contributed by atoms with Crippen molar-refractivity contribution in [2.45, 2.75) is 20.4 Å². The molecule has 0 unspecified atom stereocenters. The van der Waals surface area contributed by atoms with E-state index < -0.39 is 0 Å². The van der Waals surface area contributed by atoms with Crippen molar-refractivity contribution in [1.29, 1.82) is 0 Å². The van der Waals surface area contributed by atoms with Gasteiger partial charge in [0, 0.05) is 28.9 Å². The molecule has 0 amide bonds. The highest BCUT2D eigenvalue weighted by molar-refractivity contribution is 5.94. The summed E-state index contributed by atoms with van der Waals surface area (Å²) in [6, 6.07) is 13.7. The molecule has 3 heterocycles. The van der Waals surface area contributed by atoms with E-state index in [0.29, 0.717) is 12.1 Å². The lowest BCUT2D eigenvalue weighted by Gasteiger charge is -2.12. The van der Waals surface area contributed by atoms with Crippen LogP contribution in [0.25, 0.3) is 22.0 Å². The summed E-state index contributed by atoms with van der Waals surface area (Å²) < 4.78 is 7.03. The summed E-state index contributed by atoms with van der Waals surface area (Å²) in [5.41, 5.74) is 4.04. The summed E-state index contributed by atoms with van der Waals surface area (Å²) in [7, 11) is 0. The topological polar surface area (TPSA) is 60.9 Å². The van der Waals surface area contributed by atoms with Crippen molar-refractivity contribution >= 4 is 10.9 Å². The highest BCUT2D eigenvalue weighted by Crippen LogP contribution is 2.31. The molecule has 0 aliphatic carbocycles. The number of benzene rings is 1. The number of hydrogen-bond donors (Lipinski definition) is 0. The van der Waals surface area contributed by atoms with Gasteiger partial charge in [-0.15, -0.1) is 0 Å². The summed E-state index contributed by atoms with van der Waals surface area (Å²) >= 11 is 0. The van der Waals surface area contributed by atoms with Gasteiger partial charge in [0.2, 0.25) is 0 Å². The molecule has 5 heteroatoms. The first-order valence-electron chi connectivity index (χ1n) is 8.10. The van der Waals surface area contributed by atoms with Crippen LogP contribution in [0, 0.1) is 13.8 Å². The fraction of sp³-hybridized carbons (Fsp3) is 0.150. The SMILES string of the molecule is Cc1noc(C)c1-c1cn(Cc2ccccc2)c(=O)c2ncccc12. The number of aryl methyl sites for hydroxylation is 2. The third-order valence-corrected chi connectivity index (χ3v) is 4.34. The Morgan fingerprint density at radius 3 is 2.60 bits per heavy atom. The van der Waals surface area contributed by atoms with Gasteiger partial charge < -0.3 is 9.09 Å². The van der Waals surface area contributed by atoms with E-state index in [-0.39, 0.29) is 5.56 Å². The molecule has 4 rings (SSSR count). The van der Waals surface area contributed by atoms with Crippen molar-refractivity contribution in [3.8, 4) is 11.1 Å². The van der Waals surface area contributed by atoms with E-state index >= 15 is 0 Å². The molecule has 4 aromatic rings. The normalized spacial score (nSPS) is 11.1. The van der Waals surface area contributed by atoms with Crippen LogP contribution in [-0.4, -0.2) is 14.7 Å². The van der Waals surface area contributed by atoms with Crippen LogP contribution in [0.3, 0.4) is 0 Å². The molecule has 3 aromatic heterocycles. The van der Waals surface area contributed by atoms with Gasteiger partial charge in [-0.25, -0.2) is 0 Å². The molecule has 0 saturated carbocycles. The minimum atomic E-state index is -0.102. The van der Waals surface area contributed by atoms with Gasteiger partial charge in [0.1, 0.15) is 11.3 Å². The first-order valence-corrected chi connectivity index (χ1v) is 8.10. The molecule has 0 aliphatic rings. The van der Waals surface area contributed by atoms with Gasteiger partial charge >= 0.3 is 0 Å². The molecule has 0 aliphatic heterocycles. The summed E-state index contributed by atoms with van der Waals surface area (Å²) in [5, 5.41) is 4.86. The predicted octanol–water partition coefficient (Wildman–Crippen LogP) is 3.72. The van der Waals surface area contributed by atoms with E-state index in [1.807, 2.05) is 62.5 Å². The molecule has 0 N–H and O–H groups in total. The van der Waals surface area contributed by atoms with Crippen LogP contribution in [0.1, 0.15) is 17.0 Å². The first kappa shape index (κ1) is 15.3. The second-order valence-electron chi connectivity index (χ2n) is 6.06. The molecule has 0 atom stereocenters. The molecule has 0 fully saturated rings. The second kappa shape index (κ2) is 6.02. The number of aromatic nitrogens is 3. The highest BCUT2D eigenvalue weighted by atomic mass is 16.5. The van der Waals surface area contributed by atoms with E-state index in [0.717, 1.165) is 33.5 Å². The zero-order valence-corrected chi connectivity index (χ0v) is 14.1. The fourth-order valence-corrected chi connectivity index (χ4v) is 3.18. The standard InChI is InChI=1S/C20H17N3O2/c1-13-18(14(2)25-22-13)17-12-23(11-15-7-4-3-5-8-15)20(24)19-16(17)9-6-10-21-19/h3-10,12H,11H2,1-2H3. The highest BCUT2D eigenvalue weighted by Gasteiger charge is 2.17. The lowest BCUT2D eigenvalue weighted by Crippen LogP contribution is -2.21. The Hall–Kier alpha value is -3.21. The molecule has 0 bridgehead atoms. The smallest absolute Gasteiger partial charge is 0.277 e.